The summed E-state index contributed by atoms with van der Waals surface area (Å²) in [5.41, 5.74) is 0. The molecule has 0 saturated heterocycles. The Kier molecular flexibility index (Phi) is 10.6. The lowest BCUT2D eigenvalue weighted by Crippen LogP contribution is -2.43. The Morgan fingerprint density at radius 1 is 0.969 bits per heavy atom. The van der Waals surface area contributed by atoms with Gasteiger partial charge in [0.2, 0.25) is 5.91 Å². The molecule has 0 aliphatic carbocycles. The molecule has 0 N–H and O–H groups in total. The van der Waals surface area contributed by atoms with E-state index in [4.69, 9.17) is 9.47 Å². The number of nitrogens with zero attached hydrogens (tertiary/aromatic N) is 5. The molecule has 0 aliphatic heterocycles. The first kappa shape index (κ1) is 27.4. The maximum atomic E-state index is 13.0. The van der Waals surface area contributed by atoms with Gasteiger partial charge in [-0.25, -0.2) is 9.78 Å². The van der Waals surface area contributed by atoms with E-state index in [1.165, 1.54) is 28.3 Å². The third-order valence-electron chi connectivity index (χ3n) is 4.04. The van der Waals surface area contributed by atoms with Crippen LogP contribution in [-0.4, -0.2) is 93.6 Å². The molecule has 180 valence electrons. The highest BCUT2D eigenvalue weighted by atomic mass is 32.2. The topological polar surface area (TPSA) is 124 Å². The molecule has 11 nitrogen and oxygen atoms in total. The molecule has 0 saturated carbocycles. The van der Waals surface area contributed by atoms with Crippen LogP contribution in [0, 0.1) is 0 Å². The van der Waals surface area contributed by atoms with Gasteiger partial charge in [0.1, 0.15) is 12.2 Å². The van der Waals surface area contributed by atoms with E-state index in [0.717, 1.165) is 11.8 Å². The van der Waals surface area contributed by atoms with Crippen molar-refractivity contribution in [3.8, 4) is 0 Å². The molecule has 0 spiro atoms. The second-order valence-electron chi connectivity index (χ2n) is 7.92. The summed E-state index contributed by atoms with van der Waals surface area (Å²) >= 11 is 1.08. The quantitative estimate of drug-likeness (QED) is 0.371. The first-order valence-electron chi connectivity index (χ1n) is 10.2. The number of thioether (sulfide) groups is 1. The molecule has 0 bridgehead atoms. The Balaban J connectivity index is 3.00. The Morgan fingerprint density at radius 3 is 1.88 bits per heavy atom. The maximum absolute atomic E-state index is 13.0. The number of esters is 2. The minimum absolute atomic E-state index is 0.00641. The Hall–Kier alpha value is -2.63. The van der Waals surface area contributed by atoms with E-state index in [1.54, 1.807) is 27.9 Å². The number of ether oxygens (including phenoxy) is 2. The van der Waals surface area contributed by atoms with Crippen LogP contribution in [0.5, 0.6) is 0 Å². The molecule has 0 aliphatic rings. The molecule has 0 aromatic carbocycles. The van der Waals surface area contributed by atoms with Crippen molar-refractivity contribution in [1.82, 2.24) is 24.6 Å². The zero-order valence-electron chi connectivity index (χ0n) is 19.9. The second kappa shape index (κ2) is 12.4. The lowest BCUT2D eigenvalue weighted by atomic mass is 10.2. The molecule has 1 aromatic heterocycles. The fourth-order valence-corrected chi connectivity index (χ4v) is 3.56. The summed E-state index contributed by atoms with van der Waals surface area (Å²) in [6.45, 7) is 10.0. The first-order chi connectivity index (χ1) is 14.8. The normalized spacial score (nSPS) is 12.8. The minimum Gasteiger partial charge on any atom is -0.461 e. The van der Waals surface area contributed by atoms with E-state index in [1.807, 2.05) is 13.8 Å². The van der Waals surface area contributed by atoms with Gasteiger partial charge in [0.25, 0.3) is 0 Å². The van der Waals surface area contributed by atoms with Gasteiger partial charge in [-0.1, -0.05) is 25.6 Å². The summed E-state index contributed by atoms with van der Waals surface area (Å²) < 4.78 is 11.5. The lowest BCUT2D eigenvalue weighted by molar-refractivity contribution is -0.151. The second-order valence-corrected chi connectivity index (χ2v) is 8.87. The highest BCUT2D eigenvalue weighted by molar-refractivity contribution is 7.99. The number of hydrogen-bond acceptors (Lipinski definition) is 9. The van der Waals surface area contributed by atoms with Gasteiger partial charge in [0, 0.05) is 33.9 Å². The van der Waals surface area contributed by atoms with E-state index in [0.29, 0.717) is 11.0 Å². The monoisotopic (exact) mass is 471 g/mol. The fraction of sp³-hybridized carbons (Fsp3) is 0.700. The van der Waals surface area contributed by atoms with Crippen molar-refractivity contribution in [2.24, 2.45) is 0 Å². The summed E-state index contributed by atoms with van der Waals surface area (Å²) in [6, 6.07) is -0.372. The van der Waals surface area contributed by atoms with Gasteiger partial charge >= 0.3 is 18.0 Å². The van der Waals surface area contributed by atoms with Crippen molar-refractivity contribution in [3.05, 3.63) is 5.82 Å². The Morgan fingerprint density at radius 2 is 1.47 bits per heavy atom. The number of amides is 2. The van der Waals surface area contributed by atoms with Gasteiger partial charge in [0.05, 0.1) is 18.8 Å². The number of carbonyl (C=O) groups excluding carboxylic acids is 4. The summed E-state index contributed by atoms with van der Waals surface area (Å²) in [7, 11) is 3.21. The summed E-state index contributed by atoms with van der Waals surface area (Å²) in [5.74, 6) is -0.722. The van der Waals surface area contributed by atoms with E-state index in [9.17, 15) is 19.2 Å². The van der Waals surface area contributed by atoms with Crippen LogP contribution in [0.25, 0.3) is 0 Å². The van der Waals surface area contributed by atoms with E-state index in [-0.39, 0.29) is 36.7 Å². The molecular weight excluding hydrogens is 438 g/mol. The number of aromatic nitrogens is 3. The highest BCUT2D eigenvalue weighted by Crippen LogP contribution is 2.20. The number of hydrogen-bond donors (Lipinski definition) is 0. The molecule has 32 heavy (non-hydrogen) atoms. The van der Waals surface area contributed by atoms with Gasteiger partial charge in [-0.15, -0.1) is 5.10 Å². The fourth-order valence-electron chi connectivity index (χ4n) is 2.72. The summed E-state index contributed by atoms with van der Waals surface area (Å²) in [6.07, 6.45) is -1.09. The van der Waals surface area contributed by atoms with Gasteiger partial charge in [-0.3, -0.25) is 14.4 Å². The number of rotatable bonds is 10. The summed E-state index contributed by atoms with van der Waals surface area (Å²) in [5, 5.41) is 4.58. The molecule has 12 heteroatoms. The maximum Gasteiger partial charge on any atom is 0.346 e. The Labute approximate surface area is 192 Å². The molecule has 1 heterocycles. The van der Waals surface area contributed by atoms with Crippen LogP contribution in [0.4, 0.5) is 4.79 Å². The molecule has 2 unspecified atom stereocenters. The molecule has 1 aromatic rings. The zero-order chi connectivity index (χ0) is 24.6. The van der Waals surface area contributed by atoms with Crippen molar-refractivity contribution in [2.45, 2.75) is 64.8 Å². The minimum atomic E-state index is -0.544. The lowest BCUT2D eigenvalue weighted by Gasteiger charge is -2.28. The van der Waals surface area contributed by atoms with Gasteiger partial charge < -0.3 is 19.3 Å². The standard InChI is InChI=1S/C20H33N5O6S/c1-12(2)18-21-19(25(22-18)20(29)23(7)8)32-11-17(28)24(9-13(3)30-15(5)26)10-14(4)31-16(6)27/h12-14H,9-11H2,1-8H3. The van der Waals surface area contributed by atoms with Crippen LogP contribution in [0.2, 0.25) is 0 Å². The predicted octanol–water partition coefficient (Wildman–Crippen LogP) is 1.76. The van der Waals surface area contributed by atoms with Crippen LogP contribution in [0.15, 0.2) is 5.16 Å². The molecule has 0 radical (unpaired) electrons. The van der Waals surface area contributed by atoms with Crippen molar-refractivity contribution < 1.29 is 28.7 Å². The van der Waals surface area contributed by atoms with E-state index >= 15 is 0 Å². The highest BCUT2D eigenvalue weighted by Gasteiger charge is 2.24. The Bertz CT molecular complexity index is 801. The van der Waals surface area contributed by atoms with Crippen LogP contribution < -0.4 is 0 Å². The predicted molar refractivity (Wildman–Crippen MR) is 118 cm³/mol. The zero-order valence-corrected chi connectivity index (χ0v) is 20.8. The largest absolute Gasteiger partial charge is 0.461 e. The molecule has 2 atom stereocenters. The van der Waals surface area contributed by atoms with Crippen molar-refractivity contribution >= 4 is 35.6 Å². The SMILES string of the molecule is CC(=O)OC(C)CN(CC(C)OC(C)=O)C(=O)CSc1nc(C(C)C)nn1C(=O)N(C)C. The van der Waals surface area contributed by atoms with Crippen molar-refractivity contribution in [3.63, 3.8) is 0 Å². The van der Waals surface area contributed by atoms with E-state index < -0.39 is 24.1 Å². The number of carbonyl (C=O) groups is 4. The van der Waals surface area contributed by atoms with Crippen LogP contribution in [0.1, 0.15) is 53.3 Å². The first-order valence-corrected chi connectivity index (χ1v) is 11.2. The molecule has 0 fully saturated rings. The van der Waals surface area contributed by atoms with Crippen LogP contribution in [-0.2, 0) is 23.9 Å². The third-order valence-corrected chi connectivity index (χ3v) is 4.95. The average molecular weight is 472 g/mol. The van der Waals surface area contributed by atoms with E-state index in [2.05, 4.69) is 10.1 Å². The average Bonchev–Trinajstić information content (AvgIpc) is 3.07. The van der Waals surface area contributed by atoms with Gasteiger partial charge in [0.15, 0.2) is 11.0 Å². The molecular formula is C20H33N5O6S. The van der Waals surface area contributed by atoms with Gasteiger partial charge in [-0.05, 0) is 13.8 Å². The molecule has 1 rings (SSSR count). The third kappa shape index (κ3) is 8.85. The summed E-state index contributed by atoms with van der Waals surface area (Å²) in [4.78, 5) is 55.2. The van der Waals surface area contributed by atoms with Gasteiger partial charge in [-0.2, -0.15) is 4.68 Å². The van der Waals surface area contributed by atoms with Crippen molar-refractivity contribution in [2.75, 3.05) is 32.9 Å². The van der Waals surface area contributed by atoms with Crippen LogP contribution >= 0.6 is 11.8 Å². The smallest absolute Gasteiger partial charge is 0.346 e. The molecule has 2 amide bonds. The van der Waals surface area contributed by atoms with Crippen LogP contribution in [0.3, 0.4) is 0 Å². The van der Waals surface area contributed by atoms with Crippen molar-refractivity contribution in [1.29, 1.82) is 0 Å².